The molecule has 2 aliphatic rings. The van der Waals surface area contributed by atoms with E-state index in [2.05, 4.69) is 47.5 Å². The predicted octanol–water partition coefficient (Wildman–Crippen LogP) is 1.73. The van der Waals surface area contributed by atoms with Crippen LogP contribution in [-0.4, -0.2) is 64.0 Å². The Kier molecular flexibility index (Phi) is 7.52. The van der Waals surface area contributed by atoms with E-state index in [4.69, 9.17) is 5.73 Å². The first-order chi connectivity index (χ1) is 16.5. The van der Waals surface area contributed by atoms with Crippen molar-refractivity contribution in [3.8, 4) is 28.8 Å². The molecule has 3 aromatic rings. The summed E-state index contributed by atoms with van der Waals surface area (Å²) in [6.45, 7) is 4.46. The SMILES string of the molecule is CNCC#Cc1nccc(C)n1.Nc1nnc(-c2ccccc2O)cc1N1CC2CCC(C1)N2. The first kappa shape index (κ1) is 23.4. The van der Waals surface area contributed by atoms with Crippen LogP contribution < -0.4 is 21.3 Å². The molecule has 5 rings (SSSR count). The van der Waals surface area contributed by atoms with Crippen LogP contribution >= 0.6 is 0 Å². The third-order valence-electron chi connectivity index (χ3n) is 5.80. The highest BCUT2D eigenvalue weighted by molar-refractivity contribution is 5.74. The zero-order valence-electron chi connectivity index (χ0n) is 19.5. The van der Waals surface area contributed by atoms with Crippen molar-refractivity contribution in [3.63, 3.8) is 0 Å². The van der Waals surface area contributed by atoms with Crippen molar-refractivity contribution in [1.82, 2.24) is 30.8 Å². The summed E-state index contributed by atoms with van der Waals surface area (Å²) in [7, 11) is 1.85. The van der Waals surface area contributed by atoms with Crippen molar-refractivity contribution in [3.05, 3.63) is 54.1 Å². The second kappa shape index (κ2) is 10.9. The number of phenols is 1. The van der Waals surface area contributed by atoms with Crippen LogP contribution in [0.5, 0.6) is 5.75 Å². The van der Waals surface area contributed by atoms with Crippen LogP contribution in [0.1, 0.15) is 24.4 Å². The molecule has 34 heavy (non-hydrogen) atoms. The summed E-state index contributed by atoms with van der Waals surface area (Å²) in [5.74, 6) is 6.98. The van der Waals surface area contributed by atoms with Crippen LogP contribution in [-0.2, 0) is 0 Å². The predicted molar refractivity (Wildman–Crippen MR) is 133 cm³/mol. The Bertz CT molecular complexity index is 1180. The van der Waals surface area contributed by atoms with Gasteiger partial charge in [-0.2, -0.15) is 0 Å². The number of phenolic OH excluding ortho intramolecular Hbond substituents is 1. The highest BCUT2D eigenvalue weighted by Crippen LogP contribution is 2.33. The van der Waals surface area contributed by atoms with Gasteiger partial charge in [0.25, 0.3) is 0 Å². The zero-order chi connectivity index (χ0) is 23.9. The van der Waals surface area contributed by atoms with Crippen molar-refractivity contribution in [1.29, 1.82) is 0 Å². The number of aromatic nitrogens is 4. The summed E-state index contributed by atoms with van der Waals surface area (Å²) < 4.78 is 0. The molecule has 176 valence electrons. The van der Waals surface area contributed by atoms with Crippen molar-refractivity contribution < 1.29 is 5.11 Å². The minimum absolute atomic E-state index is 0.202. The number of nitrogens with one attached hydrogen (secondary N) is 2. The van der Waals surface area contributed by atoms with Crippen LogP contribution in [0.4, 0.5) is 11.5 Å². The Morgan fingerprint density at radius 1 is 1.18 bits per heavy atom. The van der Waals surface area contributed by atoms with E-state index < -0.39 is 0 Å². The van der Waals surface area contributed by atoms with Gasteiger partial charge >= 0.3 is 0 Å². The average Bonchev–Trinajstić information content (AvgIpc) is 3.18. The van der Waals surface area contributed by atoms with Gasteiger partial charge in [-0.3, -0.25) is 0 Å². The Hall–Kier alpha value is -3.74. The maximum atomic E-state index is 10.0. The van der Waals surface area contributed by atoms with Crippen molar-refractivity contribution >= 4 is 11.5 Å². The summed E-state index contributed by atoms with van der Waals surface area (Å²) in [5.41, 5.74) is 9.22. The number of benzene rings is 1. The molecule has 9 heteroatoms. The van der Waals surface area contributed by atoms with Crippen molar-refractivity contribution in [2.24, 2.45) is 0 Å². The van der Waals surface area contributed by atoms with Gasteiger partial charge < -0.3 is 26.4 Å². The zero-order valence-corrected chi connectivity index (χ0v) is 19.5. The van der Waals surface area contributed by atoms with Gasteiger partial charge in [-0.15, -0.1) is 10.2 Å². The molecule has 0 aliphatic carbocycles. The molecule has 2 atom stereocenters. The molecule has 0 spiro atoms. The summed E-state index contributed by atoms with van der Waals surface area (Å²) in [4.78, 5) is 10.4. The molecule has 2 aromatic heterocycles. The Morgan fingerprint density at radius 3 is 2.65 bits per heavy atom. The highest BCUT2D eigenvalue weighted by atomic mass is 16.3. The van der Waals surface area contributed by atoms with E-state index in [0.717, 1.165) is 24.5 Å². The molecule has 5 N–H and O–H groups in total. The minimum Gasteiger partial charge on any atom is -0.507 e. The lowest BCUT2D eigenvalue weighted by Crippen LogP contribution is -2.51. The molecule has 2 aliphatic heterocycles. The molecular formula is C25H30N8O. The molecule has 0 radical (unpaired) electrons. The smallest absolute Gasteiger partial charge is 0.205 e. The normalized spacial score (nSPS) is 18.5. The van der Waals surface area contributed by atoms with Crippen LogP contribution in [0.25, 0.3) is 11.3 Å². The number of rotatable bonds is 3. The summed E-state index contributed by atoms with van der Waals surface area (Å²) in [5, 5.41) is 24.8. The average molecular weight is 459 g/mol. The number of fused-ring (bicyclic) bond motifs is 2. The molecule has 0 saturated carbocycles. The standard InChI is InChI=1S/C16H19N5O.C9H11N3/c17-16-14(21-8-10-5-6-11(9-21)18-10)7-13(19-20-16)12-3-1-2-4-15(12)22;1-8-5-7-11-9(12-8)4-3-6-10-2/h1-4,7,10-11,18,22H,5-6,8-9H2,(H2,17,20);5,7,10H,6H2,1-2H3. The topological polar surface area (TPSA) is 125 Å². The summed E-state index contributed by atoms with van der Waals surface area (Å²) in [6, 6.07) is 12.0. The number of nitrogens with two attached hydrogens (primary N) is 1. The Labute approximate surface area is 199 Å². The van der Waals surface area contributed by atoms with Crippen LogP contribution in [0.2, 0.25) is 0 Å². The lowest BCUT2D eigenvalue weighted by Gasteiger charge is -2.34. The molecule has 2 fully saturated rings. The van der Waals surface area contributed by atoms with E-state index in [0.29, 0.717) is 41.5 Å². The van der Waals surface area contributed by atoms with Gasteiger partial charge in [-0.25, -0.2) is 9.97 Å². The van der Waals surface area contributed by atoms with Crippen LogP contribution in [0.3, 0.4) is 0 Å². The summed E-state index contributed by atoms with van der Waals surface area (Å²) in [6.07, 6.45) is 4.14. The van der Waals surface area contributed by atoms with E-state index in [1.165, 1.54) is 12.8 Å². The first-order valence-corrected chi connectivity index (χ1v) is 11.4. The van der Waals surface area contributed by atoms with E-state index in [1.807, 2.05) is 38.2 Å². The largest absolute Gasteiger partial charge is 0.507 e. The number of anilines is 2. The van der Waals surface area contributed by atoms with Gasteiger partial charge in [-0.1, -0.05) is 18.1 Å². The molecule has 4 heterocycles. The third kappa shape index (κ3) is 5.78. The van der Waals surface area contributed by atoms with Gasteiger partial charge in [0.2, 0.25) is 5.82 Å². The number of para-hydroxylation sites is 1. The Morgan fingerprint density at radius 2 is 1.94 bits per heavy atom. The summed E-state index contributed by atoms with van der Waals surface area (Å²) >= 11 is 0. The number of piperazine rings is 1. The lowest BCUT2D eigenvalue weighted by atomic mass is 10.1. The molecule has 2 saturated heterocycles. The maximum Gasteiger partial charge on any atom is 0.205 e. The fourth-order valence-electron chi connectivity index (χ4n) is 4.18. The van der Waals surface area contributed by atoms with Gasteiger partial charge in [0.1, 0.15) is 5.75 Å². The fraction of sp³-hybridized carbons (Fsp3) is 0.360. The van der Waals surface area contributed by atoms with Crippen LogP contribution in [0.15, 0.2) is 42.6 Å². The maximum absolute atomic E-state index is 10.0. The van der Waals surface area contributed by atoms with Gasteiger partial charge in [0.05, 0.1) is 17.9 Å². The van der Waals surface area contributed by atoms with Gasteiger partial charge in [-0.05, 0) is 57.0 Å². The van der Waals surface area contributed by atoms with E-state index in [1.54, 1.807) is 18.3 Å². The molecule has 2 unspecified atom stereocenters. The minimum atomic E-state index is 0.202. The molecule has 9 nitrogen and oxygen atoms in total. The second-order valence-electron chi connectivity index (χ2n) is 8.41. The first-order valence-electron chi connectivity index (χ1n) is 11.4. The van der Waals surface area contributed by atoms with Gasteiger partial charge in [0.15, 0.2) is 5.82 Å². The number of aryl methyl sites for hydroxylation is 1. The van der Waals surface area contributed by atoms with Crippen molar-refractivity contribution in [2.75, 3.05) is 37.3 Å². The lowest BCUT2D eigenvalue weighted by molar-refractivity contribution is 0.465. The Balaban J connectivity index is 0.000000195. The number of nitrogens with zero attached hydrogens (tertiary/aromatic N) is 5. The third-order valence-corrected chi connectivity index (χ3v) is 5.80. The van der Waals surface area contributed by atoms with Gasteiger partial charge in [0, 0.05) is 42.6 Å². The molecular weight excluding hydrogens is 428 g/mol. The molecule has 0 amide bonds. The quantitative estimate of drug-likeness (QED) is 0.434. The number of aromatic hydroxyl groups is 1. The fourth-order valence-corrected chi connectivity index (χ4v) is 4.18. The number of hydrogen-bond donors (Lipinski definition) is 4. The number of hydrogen-bond acceptors (Lipinski definition) is 9. The van der Waals surface area contributed by atoms with Crippen LogP contribution in [0, 0.1) is 18.8 Å². The highest BCUT2D eigenvalue weighted by Gasteiger charge is 2.33. The van der Waals surface area contributed by atoms with Crippen molar-refractivity contribution in [2.45, 2.75) is 31.8 Å². The van der Waals surface area contributed by atoms with E-state index in [9.17, 15) is 5.11 Å². The monoisotopic (exact) mass is 458 g/mol. The van der Waals surface area contributed by atoms with E-state index >= 15 is 0 Å². The molecule has 1 aromatic carbocycles. The number of nitrogen functional groups attached to an aromatic ring is 1. The second-order valence-corrected chi connectivity index (χ2v) is 8.41. The molecule has 2 bridgehead atoms. The van der Waals surface area contributed by atoms with E-state index in [-0.39, 0.29) is 5.75 Å².